The molecule has 30 heavy (non-hydrogen) atoms. The highest BCUT2D eigenvalue weighted by Crippen LogP contribution is 2.40. The van der Waals surface area contributed by atoms with Crippen LogP contribution in [0.1, 0.15) is 20.7 Å². The minimum absolute atomic E-state index is 0.0861. The number of ether oxygens (including phenoxy) is 1. The molecule has 5 N–H and O–H groups in total. The van der Waals surface area contributed by atoms with Gasteiger partial charge in [0.1, 0.15) is 5.75 Å². The number of hydrogen-bond donors (Lipinski definition) is 3. The van der Waals surface area contributed by atoms with Gasteiger partial charge in [0.05, 0.1) is 11.1 Å². The number of carboxylic acid groups (broad SMARTS) is 1. The number of esters is 1. The van der Waals surface area contributed by atoms with Gasteiger partial charge in [-0.2, -0.15) is 0 Å². The molecule has 0 aromatic heterocycles. The third kappa shape index (κ3) is 3.54. The van der Waals surface area contributed by atoms with Crippen LogP contribution in [0.5, 0.6) is 5.75 Å². The minimum atomic E-state index is -1.07. The Balaban J connectivity index is 1.89. The molecule has 4 rings (SSSR count). The highest BCUT2D eigenvalue weighted by atomic mass is 16.5. The monoisotopic (exact) mass is 398 g/mol. The predicted molar refractivity (Wildman–Crippen MR) is 117 cm³/mol. The maximum Gasteiger partial charge on any atom is 0.343 e. The molecule has 0 unspecified atom stereocenters. The summed E-state index contributed by atoms with van der Waals surface area (Å²) in [4.78, 5) is 24.2. The third-order valence-electron chi connectivity index (χ3n) is 4.81. The van der Waals surface area contributed by atoms with Gasteiger partial charge in [0.2, 0.25) is 0 Å². The van der Waals surface area contributed by atoms with Crippen LogP contribution in [0.2, 0.25) is 0 Å². The number of benzene rings is 4. The number of nitrogen functional groups attached to an aromatic ring is 2. The Morgan fingerprint density at radius 3 is 2.23 bits per heavy atom. The highest BCUT2D eigenvalue weighted by Gasteiger charge is 2.19. The first-order chi connectivity index (χ1) is 14.4. The fourth-order valence-electron chi connectivity index (χ4n) is 3.30. The van der Waals surface area contributed by atoms with Crippen LogP contribution in [0.25, 0.3) is 21.9 Å². The molecule has 0 amide bonds. The second-order valence-electron chi connectivity index (χ2n) is 6.78. The van der Waals surface area contributed by atoms with E-state index in [-0.39, 0.29) is 11.3 Å². The molecule has 4 aromatic carbocycles. The molecule has 6 heteroatoms. The second kappa shape index (κ2) is 7.60. The third-order valence-corrected chi connectivity index (χ3v) is 4.81. The lowest BCUT2D eigenvalue weighted by Gasteiger charge is -2.16. The first kappa shape index (κ1) is 19.0. The molecule has 0 saturated carbocycles. The summed E-state index contributed by atoms with van der Waals surface area (Å²) in [7, 11) is 0. The summed E-state index contributed by atoms with van der Waals surface area (Å²) < 4.78 is 5.71. The van der Waals surface area contributed by atoms with Crippen molar-refractivity contribution in [2.45, 2.75) is 0 Å². The van der Waals surface area contributed by atoms with E-state index in [1.165, 1.54) is 18.2 Å². The van der Waals surface area contributed by atoms with E-state index in [1.54, 1.807) is 30.3 Å². The lowest BCUT2D eigenvalue weighted by Crippen LogP contribution is -2.10. The van der Waals surface area contributed by atoms with Gasteiger partial charge in [-0.25, -0.2) is 9.59 Å². The molecule has 0 atom stereocenters. The van der Waals surface area contributed by atoms with Gasteiger partial charge in [-0.3, -0.25) is 0 Å². The van der Waals surface area contributed by atoms with Crippen LogP contribution in [0.15, 0.2) is 78.9 Å². The van der Waals surface area contributed by atoms with Crippen LogP contribution in [-0.4, -0.2) is 17.0 Å². The molecular weight excluding hydrogens is 380 g/mol. The first-order valence-corrected chi connectivity index (χ1v) is 9.16. The molecule has 0 heterocycles. The number of hydrogen-bond acceptors (Lipinski definition) is 5. The van der Waals surface area contributed by atoms with Gasteiger partial charge in [0.15, 0.2) is 0 Å². The maximum atomic E-state index is 12.7. The van der Waals surface area contributed by atoms with E-state index in [0.29, 0.717) is 28.1 Å². The quantitative estimate of drug-likeness (QED) is 0.263. The fraction of sp³-hybridized carbons (Fsp3) is 0. The average Bonchev–Trinajstić information content (AvgIpc) is 2.74. The van der Waals surface area contributed by atoms with Gasteiger partial charge in [0.25, 0.3) is 0 Å². The molecule has 6 nitrogen and oxygen atoms in total. The molecule has 0 saturated heterocycles. The van der Waals surface area contributed by atoms with Crippen LogP contribution < -0.4 is 16.2 Å². The van der Waals surface area contributed by atoms with Crippen molar-refractivity contribution in [3.05, 3.63) is 90.0 Å². The Bertz CT molecular complexity index is 1280. The van der Waals surface area contributed by atoms with E-state index < -0.39 is 11.9 Å². The smallest absolute Gasteiger partial charge is 0.343 e. The number of anilines is 2. The van der Waals surface area contributed by atoms with E-state index in [1.807, 2.05) is 30.3 Å². The molecule has 148 valence electrons. The lowest BCUT2D eigenvalue weighted by molar-refractivity contribution is 0.0694. The van der Waals surface area contributed by atoms with Crippen LogP contribution in [0.4, 0.5) is 11.4 Å². The van der Waals surface area contributed by atoms with E-state index in [4.69, 9.17) is 16.2 Å². The number of fused-ring (bicyclic) bond motifs is 1. The summed E-state index contributed by atoms with van der Waals surface area (Å²) in [5, 5.41) is 11.1. The number of carbonyl (C=O) groups excluding carboxylic acids is 1. The Hall–Kier alpha value is -4.32. The lowest BCUT2D eigenvalue weighted by atomic mass is 9.94. The number of carbonyl (C=O) groups is 2. The van der Waals surface area contributed by atoms with E-state index >= 15 is 0 Å². The second-order valence-corrected chi connectivity index (χ2v) is 6.78. The standard InChI is InChI=1S/C24H18N2O4/c25-17-9-5-15(6-10-17)24(29)30-21-12-8-14-3-1-2-4-18(14)22(21)19-13-16(23(27)28)7-11-20(19)26/h1-13H,25-26H2,(H,27,28). The number of rotatable bonds is 4. The number of nitrogens with two attached hydrogens (primary N) is 2. The summed E-state index contributed by atoms with van der Waals surface area (Å²) in [6.07, 6.45) is 0. The molecule has 4 aromatic rings. The van der Waals surface area contributed by atoms with Gasteiger partial charge in [-0.1, -0.05) is 30.3 Å². The Morgan fingerprint density at radius 2 is 1.50 bits per heavy atom. The summed E-state index contributed by atoms with van der Waals surface area (Å²) in [5.74, 6) is -1.35. The summed E-state index contributed by atoms with van der Waals surface area (Å²) in [5.41, 5.74) is 14.3. The van der Waals surface area contributed by atoms with Crippen molar-refractivity contribution >= 4 is 34.1 Å². The Morgan fingerprint density at radius 1 is 0.800 bits per heavy atom. The highest BCUT2D eigenvalue weighted by molar-refractivity contribution is 6.05. The minimum Gasteiger partial charge on any atom is -0.478 e. The van der Waals surface area contributed by atoms with Gasteiger partial charge in [-0.05, 0) is 59.3 Å². The van der Waals surface area contributed by atoms with Crippen molar-refractivity contribution in [2.75, 3.05) is 11.5 Å². The van der Waals surface area contributed by atoms with Crippen molar-refractivity contribution < 1.29 is 19.4 Å². The van der Waals surface area contributed by atoms with Gasteiger partial charge >= 0.3 is 11.9 Å². The molecule has 0 aliphatic heterocycles. The van der Waals surface area contributed by atoms with Gasteiger partial charge < -0.3 is 21.3 Å². The Kier molecular flexibility index (Phi) is 4.82. The fourth-order valence-corrected chi connectivity index (χ4v) is 3.30. The molecular formula is C24H18N2O4. The number of carboxylic acids is 1. The molecule has 0 spiro atoms. The van der Waals surface area contributed by atoms with Gasteiger partial charge in [0, 0.05) is 22.5 Å². The molecule has 0 bridgehead atoms. The molecule has 0 fully saturated rings. The van der Waals surface area contributed by atoms with Crippen molar-refractivity contribution in [3.63, 3.8) is 0 Å². The SMILES string of the molecule is Nc1ccc(C(=O)Oc2ccc3ccccc3c2-c2cc(C(=O)O)ccc2N)cc1. The Labute approximate surface area is 172 Å². The van der Waals surface area contributed by atoms with Crippen LogP contribution in [0.3, 0.4) is 0 Å². The van der Waals surface area contributed by atoms with Crippen molar-refractivity contribution in [2.24, 2.45) is 0 Å². The zero-order valence-electron chi connectivity index (χ0n) is 15.8. The summed E-state index contributed by atoms with van der Waals surface area (Å²) in [6, 6.07) is 21.9. The van der Waals surface area contributed by atoms with Crippen molar-refractivity contribution in [3.8, 4) is 16.9 Å². The van der Waals surface area contributed by atoms with E-state index in [0.717, 1.165) is 10.8 Å². The van der Waals surface area contributed by atoms with Crippen molar-refractivity contribution in [1.82, 2.24) is 0 Å². The topological polar surface area (TPSA) is 116 Å². The van der Waals surface area contributed by atoms with Crippen LogP contribution >= 0.6 is 0 Å². The summed E-state index contributed by atoms with van der Waals surface area (Å²) in [6.45, 7) is 0. The van der Waals surface area contributed by atoms with Gasteiger partial charge in [-0.15, -0.1) is 0 Å². The first-order valence-electron chi connectivity index (χ1n) is 9.16. The largest absolute Gasteiger partial charge is 0.478 e. The summed E-state index contributed by atoms with van der Waals surface area (Å²) >= 11 is 0. The van der Waals surface area contributed by atoms with Crippen LogP contribution in [-0.2, 0) is 0 Å². The number of aromatic carboxylic acids is 1. The average molecular weight is 398 g/mol. The van der Waals surface area contributed by atoms with Crippen molar-refractivity contribution in [1.29, 1.82) is 0 Å². The van der Waals surface area contributed by atoms with E-state index in [9.17, 15) is 14.7 Å². The van der Waals surface area contributed by atoms with E-state index in [2.05, 4.69) is 0 Å². The molecule has 0 aliphatic rings. The maximum absolute atomic E-state index is 12.7. The van der Waals surface area contributed by atoms with Crippen LogP contribution in [0, 0.1) is 0 Å². The molecule has 0 aliphatic carbocycles. The normalized spacial score (nSPS) is 10.7. The zero-order chi connectivity index (χ0) is 21.3. The molecule has 0 radical (unpaired) electrons. The zero-order valence-corrected chi connectivity index (χ0v) is 15.8. The predicted octanol–water partition coefficient (Wildman–Crippen LogP) is 4.59.